The number of hydrogen-bond donors (Lipinski definition) is 1. The Balaban J connectivity index is 1.71. The molecule has 0 amide bonds. The number of para-hydroxylation sites is 1. The third kappa shape index (κ3) is 4.37. The van der Waals surface area contributed by atoms with Crippen molar-refractivity contribution in [3.8, 4) is 5.75 Å². The molecule has 2 aromatic rings. The number of anilines is 1. The molecule has 1 aliphatic heterocycles. The predicted octanol–water partition coefficient (Wildman–Crippen LogP) is 1.68. The Kier molecular flexibility index (Phi) is 5.51. The van der Waals surface area contributed by atoms with E-state index < -0.39 is 5.43 Å². The van der Waals surface area contributed by atoms with Crippen LogP contribution in [0.4, 0.5) is 5.69 Å². The Hall–Kier alpha value is -2.31. The van der Waals surface area contributed by atoms with Crippen molar-refractivity contribution in [2.45, 2.75) is 6.54 Å². The molecule has 1 N–H and O–H groups in total. The van der Waals surface area contributed by atoms with Gasteiger partial charge in [0.1, 0.15) is 12.0 Å². The first-order valence-corrected chi connectivity index (χ1v) is 8.13. The minimum absolute atomic E-state index is 0.363. The molecular weight excluding hydrogens is 308 g/mol. The molecule has 1 aromatic heterocycles. The van der Waals surface area contributed by atoms with Crippen LogP contribution in [0.2, 0.25) is 0 Å². The van der Waals surface area contributed by atoms with Gasteiger partial charge in [-0.3, -0.25) is 9.69 Å². The van der Waals surface area contributed by atoms with Gasteiger partial charge in [0.25, 0.3) is 0 Å². The molecule has 0 bridgehead atoms. The van der Waals surface area contributed by atoms with Gasteiger partial charge in [0.05, 0.1) is 19.8 Å². The summed E-state index contributed by atoms with van der Waals surface area (Å²) in [5, 5.41) is 9.33. The smallest absolute Gasteiger partial charge is 0.226 e. The quantitative estimate of drug-likeness (QED) is 0.869. The second-order valence-corrected chi connectivity index (χ2v) is 5.81. The summed E-state index contributed by atoms with van der Waals surface area (Å²) < 4.78 is 10.7. The van der Waals surface area contributed by atoms with Crippen LogP contribution in [-0.2, 0) is 11.3 Å². The van der Waals surface area contributed by atoms with E-state index in [4.69, 9.17) is 9.15 Å². The zero-order valence-corrected chi connectivity index (χ0v) is 13.6. The first-order valence-electron chi connectivity index (χ1n) is 8.13. The summed E-state index contributed by atoms with van der Waals surface area (Å²) in [5.41, 5.74) is 0.652. The number of morpholine rings is 1. The van der Waals surface area contributed by atoms with Crippen molar-refractivity contribution in [1.82, 2.24) is 4.90 Å². The van der Waals surface area contributed by atoms with Crippen LogP contribution in [0, 0.1) is 0 Å². The standard InChI is InChI=1S/C18H22N2O4/c21-17-12-16(24-14-18(17)22)13-20(15-4-2-1-3-5-15)7-6-19-8-10-23-11-9-19/h1-5,12,14,22H,6-11,13H2. The van der Waals surface area contributed by atoms with E-state index in [0.717, 1.165) is 51.3 Å². The molecule has 0 radical (unpaired) electrons. The number of nitrogens with zero attached hydrogens (tertiary/aromatic N) is 2. The van der Waals surface area contributed by atoms with Crippen molar-refractivity contribution in [3.05, 3.63) is 58.6 Å². The number of hydrogen-bond acceptors (Lipinski definition) is 6. The van der Waals surface area contributed by atoms with Crippen LogP contribution in [0.15, 0.2) is 51.9 Å². The first kappa shape index (κ1) is 16.5. The lowest BCUT2D eigenvalue weighted by atomic mass is 10.2. The largest absolute Gasteiger partial charge is 0.502 e. The fourth-order valence-electron chi connectivity index (χ4n) is 2.74. The summed E-state index contributed by atoms with van der Waals surface area (Å²) in [7, 11) is 0. The van der Waals surface area contributed by atoms with E-state index >= 15 is 0 Å². The van der Waals surface area contributed by atoms with Gasteiger partial charge in [0, 0.05) is 37.9 Å². The average molecular weight is 330 g/mol. The molecule has 1 fully saturated rings. The lowest BCUT2D eigenvalue weighted by Crippen LogP contribution is -2.41. The molecule has 6 heteroatoms. The maximum atomic E-state index is 11.6. The lowest BCUT2D eigenvalue weighted by Gasteiger charge is -2.31. The molecule has 24 heavy (non-hydrogen) atoms. The van der Waals surface area contributed by atoms with Gasteiger partial charge in [0.2, 0.25) is 5.43 Å². The van der Waals surface area contributed by atoms with Gasteiger partial charge >= 0.3 is 0 Å². The molecule has 0 unspecified atom stereocenters. The van der Waals surface area contributed by atoms with Crippen LogP contribution < -0.4 is 10.3 Å². The van der Waals surface area contributed by atoms with Gasteiger partial charge in [-0.25, -0.2) is 0 Å². The highest BCUT2D eigenvalue weighted by atomic mass is 16.5. The first-order chi connectivity index (χ1) is 11.7. The third-order valence-corrected chi connectivity index (χ3v) is 4.12. The van der Waals surface area contributed by atoms with Gasteiger partial charge in [-0.15, -0.1) is 0 Å². The Bertz CT molecular complexity index is 696. The molecule has 128 valence electrons. The van der Waals surface area contributed by atoms with E-state index in [-0.39, 0.29) is 5.75 Å². The van der Waals surface area contributed by atoms with Crippen LogP contribution in [-0.4, -0.2) is 49.4 Å². The topological polar surface area (TPSA) is 66.2 Å². The van der Waals surface area contributed by atoms with Gasteiger partial charge in [-0.05, 0) is 12.1 Å². The number of rotatable bonds is 6. The Morgan fingerprint density at radius 1 is 1.17 bits per heavy atom. The maximum absolute atomic E-state index is 11.6. The Labute approximate surface area is 140 Å². The van der Waals surface area contributed by atoms with Crippen LogP contribution in [0.25, 0.3) is 0 Å². The number of ether oxygens (including phenoxy) is 1. The van der Waals surface area contributed by atoms with E-state index in [9.17, 15) is 9.90 Å². The summed E-state index contributed by atoms with van der Waals surface area (Å²) in [6, 6.07) is 11.4. The van der Waals surface area contributed by atoms with Gasteiger partial charge < -0.3 is 19.2 Å². The lowest BCUT2D eigenvalue weighted by molar-refractivity contribution is 0.0391. The van der Waals surface area contributed by atoms with Crippen molar-refractivity contribution in [2.24, 2.45) is 0 Å². The van der Waals surface area contributed by atoms with Crippen molar-refractivity contribution >= 4 is 5.69 Å². The zero-order valence-electron chi connectivity index (χ0n) is 13.6. The SMILES string of the molecule is O=c1cc(CN(CCN2CCOCC2)c2ccccc2)occ1O. The Morgan fingerprint density at radius 3 is 2.62 bits per heavy atom. The van der Waals surface area contributed by atoms with Gasteiger partial charge in [-0.2, -0.15) is 0 Å². The van der Waals surface area contributed by atoms with Crippen molar-refractivity contribution in [3.63, 3.8) is 0 Å². The molecule has 1 aromatic carbocycles. The third-order valence-electron chi connectivity index (χ3n) is 4.12. The molecule has 2 heterocycles. The summed E-state index contributed by atoms with van der Waals surface area (Å²) in [6.07, 6.45) is 1.10. The van der Waals surface area contributed by atoms with E-state index in [1.165, 1.54) is 6.07 Å². The molecule has 1 saturated heterocycles. The fourth-order valence-corrected chi connectivity index (χ4v) is 2.74. The summed E-state index contributed by atoms with van der Waals surface area (Å²) in [6.45, 7) is 5.64. The molecule has 3 rings (SSSR count). The molecular formula is C18H22N2O4. The van der Waals surface area contributed by atoms with Gasteiger partial charge in [0.15, 0.2) is 5.75 Å². The van der Waals surface area contributed by atoms with E-state index in [2.05, 4.69) is 9.80 Å². The second kappa shape index (κ2) is 7.99. The summed E-state index contributed by atoms with van der Waals surface area (Å²) in [4.78, 5) is 16.2. The molecule has 0 atom stereocenters. The molecule has 0 aliphatic carbocycles. The number of benzene rings is 1. The fraction of sp³-hybridized carbons (Fsp3) is 0.389. The molecule has 6 nitrogen and oxygen atoms in total. The summed E-state index contributed by atoms with van der Waals surface area (Å²) in [5.74, 6) is 0.168. The van der Waals surface area contributed by atoms with Crippen molar-refractivity contribution in [2.75, 3.05) is 44.3 Å². The van der Waals surface area contributed by atoms with Gasteiger partial charge in [-0.1, -0.05) is 18.2 Å². The van der Waals surface area contributed by atoms with E-state index in [1.54, 1.807) is 0 Å². The molecule has 0 saturated carbocycles. The average Bonchev–Trinajstić information content (AvgIpc) is 2.63. The normalized spacial score (nSPS) is 15.3. The minimum Gasteiger partial charge on any atom is -0.502 e. The van der Waals surface area contributed by atoms with Crippen LogP contribution in [0.1, 0.15) is 5.76 Å². The van der Waals surface area contributed by atoms with E-state index in [0.29, 0.717) is 12.3 Å². The molecule has 0 spiro atoms. The monoisotopic (exact) mass is 330 g/mol. The highest BCUT2D eigenvalue weighted by Crippen LogP contribution is 2.17. The summed E-state index contributed by atoms with van der Waals surface area (Å²) >= 11 is 0. The molecule has 1 aliphatic rings. The zero-order chi connectivity index (χ0) is 16.8. The van der Waals surface area contributed by atoms with Crippen molar-refractivity contribution < 1.29 is 14.3 Å². The Morgan fingerprint density at radius 2 is 1.92 bits per heavy atom. The van der Waals surface area contributed by atoms with Crippen LogP contribution in [0.5, 0.6) is 5.75 Å². The predicted molar refractivity (Wildman–Crippen MR) is 91.4 cm³/mol. The van der Waals surface area contributed by atoms with Crippen molar-refractivity contribution in [1.29, 1.82) is 0 Å². The van der Waals surface area contributed by atoms with Crippen LogP contribution in [0.3, 0.4) is 0 Å². The second-order valence-electron chi connectivity index (χ2n) is 5.81. The highest BCUT2D eigenvalue weighted by Gasteiger charge is 2.14. The number of aromatic hydroxyl groups is 1. The maximum Gasteiger partial charge on any atom is 0.226 e. The minimum atomic E-state index is -0.419. The van der Waals surface area contributed by atoms with Crippen LogP contribution >= 0.6 is 0 Å². The highest BCUT2D eigenvalue weighted by molar-refractivity contribution is 5.46. The van der Waals surface area contributed by atoms with E-state index in [1.807, 2.05) is 30.3 Å².